The van der Waals surface area contributed by atoms with E-state index in [2.05, 4.69) is 35.6 Å². The first-order valence-corrected chi connectivity index (χ1v) is 8.03. The number of halogens is 1. The molecule has 0 saturated carbocycles. The Morgan fingerprint density at radius 2 is 1.71 bits per heavy atom. The van der Waals surface area contributed by atoms with Crippen LogP contribution in [-0.4, -0.2) is 16.0 Å². The van der Waals surface area contributed by atoms with E-state index in [0.717, 1.165) is 16.9 Å². The van der Waals surface area contributed by atoms with Crippen LogP contribution in [0, 0.1) is 0 Å². The number of aromatic nitrogens is 2. The number of hydrogen-bond donors (Lipinski definition) is 1. The molecule has 2 aromatic carbocycles. The van der Waals surface area contributed by atoms with Gasteiger partial charge in [0.05, 0.1) is 11.4 Å². The van der Waals surface area contributed by atoms with Crippen molar-refractivity contribution in [3.63, 3.8) is 0 Å². The van der Waals surface area contributed by atoms with Gasteiger partial charge in [-0.3, -0.25) is 0 Å². The summed E-state index contributed by atoms with van der Waals surface area (Å²) in [6.45, 7) is 0. The lowest BCUT2D eigenvalue weighted by molar-refractivity contribution is 0.893. The van der Waals surface area contributed by atoms with Gasteiger partial charge < -0.3 is 5.73 Å². The highest BCUT2D eigenvalue weighted by Crippen LogP contribution is 2.27. The van der Waals surface area contributed by atoms with Crippen LogP contribution in [0.1, 0.15) is 0 Å². The predicted octanol–water partition coefficient (Wildman–Crippen LogP) is 4.50. The largest absolute Gasteiger partial charge is 0.382 e. The summed E-state index contributed by atoms with van der Waals surface area (Å²) in [5, 5.41) is 5.07. The molecule has 0 atom stereocenters. The average molecular weight is 316 g/mol. The fraction of sp³-hybridized carbons (Fsp3) is 0.0625. The van der Waals surface area contributed by atoms with Crippen LogP contribution in [0.25, 0.3) is 16.9 Å². The highest BCUT2D eigenvalue weighted by Gasteiger charge is 2.10. The van der Waals surface area contributed by atoms with Crippen LogP contribution in [0.4, 0.5) is 5.82 Å². The Morgan fingerprint density at radius 1 is 1.05 bits per heavy atom. The van der Waals surface area contributed by atoms with Gasteiger partial charge in [-0.25, -0.2) is 4.68 Å². The standard InChI is InChI=1S/C16H14ClN3S/c1-21-14-8-2-11(3-9-14)15-10-16(18)19-20(15)13-6-4-12(17)5-7-13/h2-10H,1H3,(H2,18,19). The van der Waals surface area contributed by atoms with Gasteiger partial charge in [0.1, 0.15) is 5.82 Å². The lowest BCUT2D eigenvalue weighted by Gasteiger charge is -2.08. The molecule has 0 aliphatic rings. The van der Waals surface area contributed by atoms with Gasteiger partial charge in [-0.2, -0.15) is 5.10 Å². The molecule has 0 spiro atoms. The molecule has 3 aromatic rings. The van der Waals surface area contributed by atoms with Gasteiger partial charge in [-0.1, -0.05) is 23.7 Å². The Labute approximate surface area is 132 Å². The molecule has 2 N–H and O–H groups in total. The SMILES string of the molecule is CSc1ccc(-c2cc(N)nn2-c2ccc(Cl)cc2)cc1. The van der Waals surface area contributed by atoms with E-state index < -0.39 is 0 Å². The topological polar surface area (TPSA) is 43.8 Å². The molecule has 0 amide bonds. The first-order valence-electron chi connectivity index (χ1n) is 6.43. The second-order valence-corrected chi connectivity index (χ2v) is 5.89. The number of nitrogens with zero attached hydrogens (tertiary/aromatic N) is 2. The highest BCUT2D eigenvalue weighted by atomic mass is 35.5. The highest BCUT2D eigenvalue weighted by molar-refractivity contribution is 7.98. The van der Waals surface area contributed by atoms with Crippen LogP contribution < -0.4 is 5.73 Å². The first kappa shape index (κ1) is 14.0. The summed E-state index contributed by atoms with van der Waals surface area (Å²) >= 11 is 7.66. The summed E-state index contributed by atoms with van der Waals surface area (Å²) in [6.07, 6.45) is 2.06. The number of nitrogens with two attached hydrogens (primary N) is 1. The van der Waals surface area contributed by atoms with Crippen LogP contribution in [-0.2, 0) is 0 Å². The first-order chi connectivity index (χ1) is 10.2. The van der Waals surface area contributed by atoms with Crippen molar-refractivity contribution in [3.8, 4) is 16.9 Å². The quantitative estimate of drug-likeness (QED) is 0.724. The van der Waals surface area contributed by atoms with Gasteiger partial charge in [0.25, 0.3) is 0 Å². The maximum absolute atomic E-state index is 5.94. The Hall–Kier alpha value is -1.91. The van der Waals surface area contributed by atoms with Crippen molar-refractivity contribution in [2.24, 2.45) is 0 Å². The summed E-state index contributed by atoms with van der Waals surface area (Å²) < 4.78 is 1.83. The van der Waals surface area contributed by atoms with Crippen LogP contribution in [0.5, 0.6) is 0 Å². The molecule has 21 heavy (non-hydrogen) atoms. The van der Waals surface area contributed by atoms with Crippen LogP contribution in [0.3, 0.4) is 0 Å². The monoisotopic (exact) mass is 315 g/mol. The predicted molar refractivity (Wildman–Crippen MR) is 90.2 cm³/mol. The molecule has 1 heterocycles. The zero-order valence-electron chi connectivity index (χ0n) is 11.5. The molecule has 3 rings (SSSR count). The molecule has 0 radical (unpaired) electrons. The minimum Gasteiger partial charge on any atom is -0.382 e. The van der Waals surface area contributed by atoms with E-state index in [1.165, 1.54) is 4.90 Å². The molecule has 5 heteroatoms. The third kappa shape index (κ3) is 2.91. The van der Waals surface area contributed by atoms with Crippen molar-refractivity contribution >= 4 is 29.2 Å². The number of hydrogen-bond acceptors (Lipinski definition) is 3. The number of thioether (sulfide) groups is 1. The molecular weight excluding hydrogens is 302 g/mol. The molecule has 1 aromatic heterocycles. The molecule has 3 nitrogen and oxygen atoms in total. The second-order valence-electron chi connectivity index (χ2n) is 4.57. The molecule has 0 saturated heterocycles. The van der Waals surface area contributed by atoms with E-state index in [9.17, 15) is 0 Å². The third-order valence-corrected chi connectivity index (χ3v) is 4.18. The van der Waals surface area contributed by atoms with Gasteiger partial charge >= 0.3 is 0 Å². The third-order valence-electron chi connectivity index (χ3n) is 3.19. The second kappa shape index (κ2) is 5.84. The Kier molecular flexibility index (Phi) is 3.90. The van der Waals surface area contributed by atoms with Gasteiger partial charge in [-0.15, -0.1) is 11.8 Å². The number of nitrogen functional groups attached to an aromatic ring is 1. The van der Waals surface area contributed by atoms with Crippen LogP contribution in [0.15, 0.2) is 59.5 Å². The molecule has 0 aliphatic heterocycles. The zero-order valence-corrected chi connectivity index (χ0v) is 13.0. The van der Waals surface area contributed by atoms with E-state index in [1.54, 1.807) is 11.8 Å². The summed E-state index contributed by atoms with van der Waals surface area (Å²) in [5.41, 5.74) is 8.85. The Balaban J connectivity index is 2.08. The van der Waals surface area contributed by atoms with Crippen molar-refractivity contribution in [1.82, 2.24) is 9.78 Å². The van der Waals surface area contributed by atoms with Gasteiger partial charge in [0.2, 0.25) is 0 Å². The van der Waals surface area contributed by atoms with Crippen molar-refractivity contribution in [1.29, 1.82) is 0 Å². The fourth-order valence-electron chi connectivity index (χ4n) is 2.15. The minimum atomic E-state index is 0.494. The summed E-state index contributed by atoms with van der Waals surface area (Å²) in [7, 11) is 0. The molecule has 0 fully saturated rings. The maximum Gasteiger partial charge on any atom is 0.146 e. The summed E-state index contributed by atoms with van der Waals surface area (Å²) in [4.78, 5) is 1.23. The molecule has 0 bridgehead atoms. The lowest BCUT2D eigenvalue weighted by Crippen LogP contribution is -1.99. The van der Waals surface area contributed by atoms with Crippen LogP contribution in [0.2, 0.25) is 5.02 Å². The minimum absolute atomic E-state index is 0.494. The fourth-order valence-corrected chi connectivity index (χ4v) is 2.68. The van der Waals surface area contributed by atoms with Gasteiger partial charge in [0.15, 0.2) is 0 Å². The number of anilines is 1. The van der Waals surface area contributed by atoms with Crippen molar-refractivity contribution in [2.75, 3.05) is 12.0 Å². The molecule has 0 unspecified atom stereocenters. The number of rotatable bonds is 3. The van der Waals surface area contributed by atoms with E-state index in [1.807, 2.05) is 35.0 Å². The average Bonchev–Trinajstić information content (AvgIpc) is 2.90. The van der Waals surface area contributed by atoms with E-state index in [-0.39, 0.29) is 0 Å². The van der Waals surface area contributed by atoms with E-state index in [4.69, 9.17) is 17.3 Å². The number of benzene rings is 2. The van der Waals surface area contributed by atoms with Gasteiger partial charge in [0, 0.05) is 21.5 Å². The van der Waals surface area contributed by atoms with Crippen molar-refractivity contribution in [2.45, 2.75) is 4.90 Å². The van der Waals surface area contributed by atoms with Crippen molar-refractivity contribution in [3.05, 3.63) is 59.6 Å². The summed E-state index contributed by atoms with van der Waals surface area (Å²) in [5.74, 6) is 0.494. The van der Waals surface area contributed by atoms with Crippen LogP contribution >= 0.6 is 23.4 Å². The molecule has 0 aliphatic carbocycles. The summed E-state index contributed by atoms with van der Waals surface area (Å²) in [6, 6.07) is 17.8. The normalized spacial score (nSPS) is 10.8. The molecule has 106 valence electrons. The van der Waals surface area contributed by atoms with Gasteiger partial charge in [-0.05, 0) is 42.7 Å². The smallest absolute Gasteiger partial charge is 0.146 e. The Bertz CT molecular complexity index is 748. The van der Waals surface area contributed by atoms with E-state index >= 15 is 0 Å². The Morgan fingerprint density at radius 3 is 2.33 bits per heavy atom. The van der Waals surface area contributed by atoms with Crippen molar-refractivity contribution < 1.29 is 0 Å². The zero-order chi connectivity index (χ0) is 14.8. The lowest BCUT2D eigenvalue weighted by atomic mass is 10.1. The maximum atomic E-state index is 5.94. The molecular formula is C16H14ClN3S. The van der Waals surface area contributed by atoms with E-state index in [0.29, 0.717) is 10.8 Å².